The molecule has 0 fully saturated rings. The molecule has 2 aromatic carbocycles. The number of nitrogens with one attached hydrogen (secondary N) is 1. The van der Waals surface area contributed by atoms with Crippen molar-refractivity contribution in [3.05, 3.63) is 53.1 Å². The Bertz CT molecular complexity index is 965. The zero-order valence-corrected chi connectivity index (χ0v) is 13.8. The molecule has 25 heavy (non-hydrogen) atoms. The van der Waals surface area contributed by atoms with Gasteiger partial charge in [-0.05, 0) is 24.3 Å². The molecule has 3 rings (SSSR count). The Morgan fingerprint density at radius 1 is 1.32 bits per heavy atom. The highest BCUT2D eigenvalue weighted by Gasteiger charge is 2.13. The highest BCUT2D eigenvalue weighted by molar-refractivity contribution is 6.31. The van der Waals surface area contributed by atoms with E-state index < -0.39 is 11.8 Å². The molecule has 1 aromatic heterocycles. The van der Waals surface area contributed by atoms with Crippen molar-refractivity contribution in [3.8, 4) is 5.75 Å². The van der Waals surface area contributed by atoms with Gasteiger partial charge in [0.05, 0.1) is 24.1 Å². The zero-order valence-electron chi connectivity index (χ0n) is 13.1. The van der Waals surface area contributed by atoms with E-state index in [1.54, 1.807) is 12.1 Å². The van der Waals surface area contributed by atoms with Crippen LogP contribution in [0.15, 0.2) is 36.7 Å². The first-order valence-corrected chi connectivity index (χ1v) is 7.61. The second-order valence-corrected chi connectivity index (χ2v) is 5.64. The fourth-order valence-corrected chi connectivity index (χ4v) is 2.61. The number of aliphatic carboxylic acids is 1. The number of methoxy groups -OCH3 is 1. The monoisotopic (exact) mass is 361 g/mol. The van der Waals surface area contributed by atoms with Crippen LogP contribution in [0.1, 0.15) is 5.56 Å². The topological polar surface area (TPSA) is 84.3 Å². The van der Waals surface area contributed by atoms with Gasteiger partial charge < -0.3 is 15.2 Å². The highest BCUT2D eigenvalue weighted by atomic mass is 35.5. The van der Waals surface area contributed by atoms with Crippen LogP contribution < -0.4 is 10.1 Å². The minimum absolute atomic E-state index is 0.0170. The second kappa shape index (κ2) is 6.90. The van der Waals surface area contributed by atoms with Crippen LogP contribution in [0.25, 0.3) is 10.9 Å². The standard InChI is InChI=1S/C17H13ClFN3O3/c1-25-15-7-14-11(4-9(15)5-16(23)24)17(21-8-20-14)22-10-2-3-13(19)12(18)6-10/h2-4,6-8H,5H2,1H3,(H,23,24)(H,20,21,22). The predicted octanol–water partition coefficient (Wildman–Crippen LogP) is 3.80. The molecule has 0 amide bonds. The smallest absolute Gasteiger partial charge is 0.307 e. The summed E-state index contributed by atoms with van der Waals surface area (Å²) >= 11 is 5.79. The number of anilines is 2. The van der Waals surface area contributed by atoms with E-state index in [-0.39, 0.29) is 11.4 Å². The maximum Gasteiger partial charge on any atom is 0.307 e. The van der Waals surface area contributed by atoms with E-state index >= 15 is 0 Å². The molecule has 0 aliphatic rings. The molecule has 0 aliphatic carbocycles. The summed E-state index contributed by atoms with van der Waals surface area (Å²) in [5.41, 5.74) is 1.62. The fourth-order valence-electron chi connectivity index (χ4n) is 2.43. The van der Waals surface area contributed by atoms with E-state index in [1.807, 2.05) is 0 Å². The van der Waals surface area contributed by atoms with E-state index in [2.05, 4.69) is 15.3 Å². The summed E-state index contributed by atoms with van der Waals surface area (Å²) < 4.78 is 18.5. The van der Waals surface area contributed by atoms with Gasteiger partial charge in [-0.15, -0.1) is 0 Å². The lowest BCUT2D eigenvalue weighted by atomic mass is 10.1. The van der Waals surface area contributed by atoms with Gasteiger partial charge in [-0.1, -0.05) is 11.6 Å². The van der Waals surface area contributed by atoms with Crippen molar-refractivity contribution in [1.82, 2.24) is 9.97 Å². The molecule has 1 heterocycles. The molecule has 0 bridgehead atoms. The van der Waals surface area contributed by atoms with Gasteiger partial charge in [0.2, 0.25) is 0 Å². The molecule has 0 aliphatic heterocycles. The lowest BCUT2D eigenvalue weighted by Crippen LogP contribution is -2.04. The molecule has 0 atom stereocenters. The number of benzene rings is 2. The summed E-state index contributed by atoms with van der Waals surface area (Å²) in [4.78, 5) is 19.4. The average molecular weight is 362 g/mol. The van der Waals surface area contributed by atoms with Crippen molar-refractivity contribution < 1.29 is 19.0 Å². The molecule has 0 saturated carbocycles. The van der Waals surface area contributed by atoms with E-state index in [0.29, 0.717) is 33.7 Å². The maximum absolute atomic E-state index is 13.3. The second-order valence-electron chi connectivity index (χ2n) is 5.23. The largest absolute Gasteiger partial charge is 0.496 e. The lowest BCUT2D eigenvalue weighted by molar-refractivity contribution is -0.136. The minimum Gasteiger partial charge on any atom is -0.496 e. The van der Waals surface area contributed by atoms with E-state index in [4.69, 9.17) is 21.4 Å². The third-order valence-corrected chi connectivity index (χ3v) is 3.85. The van der Waals surface area contributed by atoms with Crippen LogP contribution in [0.4, 0.5) is 15.9 Å². The molecule has 8 heteroatoms. The first-order valence-electron chi connectivity index (χ1n) is 7.23. The Labute approximate surface area is 147 Å². The molecular formula is C17H13ClFN3O3. The lowest BCUT2D eigenvalue weighted by Gasteiger charge is -2.12. The zero-order chi connectivity index (χ0) is 18.0. The number of carboxylic acid groups (broad SMARTS) is 1. The number of carboxylic acids is 1. The minimum atomic E-state index is -0.977. The van der Waals surface area contributed by atoms with Crippen LogP contribution >= 0.6 is 11.6 Å². The van der Waals surface area contributed by atoms with Gasteiger partial charge in [0.25, 0.3) is 0 Å². The van der Waals surface area contributed by atoms with E-state index in [1.165, 1.54) is 31.6 Å². The quantitative estimate of drug-likeness (QED) is 0.719. The number of ether oxygens (including phenoxy) is 1. The Kier molecular flexibility index (Phi) is 4.67. The highest BCUT2D eigenvalue weighted by Crippen LogP contribution is 2.30. The summed E-state index contributed by atoms with van der Waals surface area (Å²) in [6.07, 6.45) is 1.17. The van der Waals surface area contributed by atoms with Gasteiger partial charge in [-0.3, -0.25) is 4.79 Å². The molecule has 0 radical (unpaired) electrons. The van der Waals surface area contributed by atoms with Gasteiger partial charge in [-0.25, -0.2) is 14.4 Å². The van der Waals surface area contributed by atoms with Gasteiger partial charge in [0.15, 0.2) is 0 Å². The number of rotatable bonds is 5. The van der Waals surface area contributed by atoms with Crippen molar-refractivity contribution >= 4 is 40.0 Å². The summed E-state index contributed by atoms with van der Waals surface area (Å²) in [5.74, 6) is -0.617. The van der Waals surface area contributed by atoms with Crippen molar-refractivity contribution in [3.63, 3.8) is 0 Å². The first-order chi connectivity index (χ1) is 12.0. The molecule has 0 saturated heterocycles. The maximum atomic E-state index is 13.3. The number of nitrogens with zero attached hydrogens (tertiary/aromatic N) is 2. The SMILES string of the molecule is COc1cc2ncnc(Nc3ccc(F)c(Cl)c3)c2cc1CC(=O)O. The molecule has 2 N–H and O–H groups in total. The molecule has 0 unspecified atom stereocenters. The van der Waals surface area contributed by atoms with Crippen LogP contribution in [0, 0.1) is 5.82 Å². The Morgan fingerprint density at radius 3 is 2.80 bits per heavy atom. The van der Waals surface area contributed by atoms with Crippen LogP contribution in [0.5, 0.6) is 5.75 Å². The molecule has 3 aromatic rings. The summed E-state index contributed by atoms with van der Waals surface area (Å²) in [6, 6.07) is 7.52. The van der Waals surface area contributed by atoms with Gasteiger partial charge in [0, 0.05) is 22.7 Å². The normalized spacial score (nSPS) is 10.7. The number of hydrogen-bond acceptors (Lipinski definition) is 5. The number of fused-ring (bicyclic) bond motifs is 1. The third-order valence-electron chi connectivity index (χ3n) is 3.56. The van der Waals surface area contributed by atoms with Crippen LogP contribution in [-0.2, 0) is 11.2 Å². The Hall–Kier alpha value is -2.93. The number of hydrogen-bond donors (Lipinski definition) is 2. The van der Waals surface area contributed by atoms with Crippen molar-refractivity contribution in [1.29, 1.82) is 0 Å². The Balaban J connectivity index is 2.08. The summed E-state index contributed by atoms with van der Waals surface area (Å²) in [7, 11) is 1.47. The van der Waals surface area contributed by atoms with Crippen LogP contribution in [0.3, 0.4) is 0 Å². The number of aromatic nitrogens is 2. The molecule has 6 nitrogen and oxygen atoms in total. The number of halogens is 2. The van der Waals surface area contributed by atoms with E-state index in [9.17, 15) is 9.18 Å². The van der Waals surface area contributed by atoms with E-state index in [0.717, 1.165) is 0 Å². The Morgan fingerprint density at radius 2 is 2.12 bits per heavy atom. The fraction of sp³-hybridized carbons (Fsp3) is 0.118. The van der Waals surface area contributed by atoms with Crippen LogP contribution in [0.2, 0.25) is 5.02 Å². The van der Waals surface area contributed by atoms with Gasteiger partial charge >= 0.3 is 5.97 Å². The van der Waals surface area contributed by atoms with Crippen molar-refractivity contribution in [2.75, 3.05) is 12.4 Å². The number of carbonyl (C=O) groups is 1. The third kappa shape index (κ3) is 3.61. The van der Waals surface area contributed by atoms with Crippen molar-refractivity contribution in [2.24, 2.45) is 0 Å². The summed E-state index contributed by atoms with van der Waals surface area (Å²) in [6.45, 7) is 0. The predicted molar refractivity (Wildman–Crippen MR) is 92.1 cm³/mol. The summed E-state index contributed by atoms with van der Waals surface area (Å²) in [5, 5.41) is 12.7. The molecule has 0 spiro atoms. The van der Waals surface area contributed by atoms with Gasteiger partial charge in [0.1, 0.15) is 23.7 Å². The van der Waals surface area contributed by atoms with Crippen LogP contribution in [-0.4, -0.2) is 28.2 Å². The average Bonchev–Trinajstić information content (AvgIpc) is 2.57. The first kappa shape index (κ1) is 16.9. The van der Waals surface area contributed by atoms with Crippen molar-refractivity contribution in [2.45, 2.75) is 6.42 Å². The molecular weight excluding hydrogens is 349 g/mol. The molecule has 128 valence electrons. The van der Waals surface area contributed by atoms with Gasteiger partial charge in [-0.2, -0.15) is 0 Å².